The largest absolute Gasteiger partial charge is 0.317 e. The summed E-state index contributed by atoms with van der Waals surface area (Å²) >= 11 is 5.85. The van der Waals surface area contributed by atoms with E-state index in [0.717, 1.165) is 37.8 Å². The van der Waals surface area contributed by atoms with Crippen molar-refractivity contribution >= 4 is 11.6 Å². The van der Waals surface area contributed by atoms with Crippen LogP contribution in [-0.2, 0) is 20.1 Å². The van der Waals surface area contributed by atoms with Crippen LogP contribution in [0, 0.1) is 12.8 Å². The van der Waals surface area contributed by atoms with Gasteiger partial charge in [-0.2, -0.15) is 5.10 Å². The van der Waals surface area contributed by atoms with Crippen LogP contribution in [-0.4, -0.2) is 42.5 Å². The maximum Gasteiger partial charge on any atom is 0.146 e. The van der Waals surface area contributed by atoms with Gasteiger partial charge in [0.15, 0.2) is 0 Å². The molecule has 102 valence electrons. The Bertz CT molecular complexity index is 569. The highest BCUT2D eigenvalue weighted by atomic mass is 35.5. The second kappa shape index (κ2) is 4.94. The van der Waals surface area contributed by atoms with Crippen molar-refractivity contribution < 1.29 is 0 Å². The summed E-state index contributed by atoms with van der Waals surface area (Å²) < 4.78 is 3.96. The Morgan fingerprint density at radius 2 is 2.16 bits per heavy atom. The van der Waals surface area contributed by atoms with Crippen LogP contribution >= 0.6 is 11.6 Å². The number of hydrogen-bond acceptors (Lipinski definition) is 4. The lowest BCUT2D eigenvalue weighted by Crippen LogP contribution is -2.48. The normalized spacial score (nSPS) is 16.8. The Kier molecular flexibility index (Phi) is 3.28. The van der Waals surface area contributed by atoms with Crippen LogP contribution in [0.4, 0.5) is 0 Å². The molecule has 0 amide bonds. The van der Waals surface area contributed by atoms with E-state index in [2.05, 4.69) is 20.2 Å². The van der Waals surface area contributed by atoms with Gasteiger partial charge in [0.2, 0.25) is 0 Å². The van der Waals surface area contributed by atoms with E-state index in [-0.39, 0.29) is 0 Å². The maximum atomic E-state index is 5.85. The van der Waals surface area contributed by atoms with Crippen LogP contribution in [0.25, 0.3) is 0 Å². The summed E-state index contributed by atoms with van der Waals surface area (Å²) in [7, 11) is 2.01. The van der Waals surface area contributed by atoms with Crippen LogP contribution in [0.3, 0.4) is 0 Å². The lowest BCUT2D eigenvalue weighted by atomic mass is 10.0. The molecule has 1 aliphatic heterocycles. The molecule has 1 aliphatic rings. The van der Waals surface area contributed by atoms with E-state index >= 15 is 0 Å². The number of rotatable bonds is 4. The van der Waals surface area contributed by atoms with Gasteiger partial charge in [-0.15, -0.1) is 10.2 Å². The van der Waals surface area contributed by atoms with Gasteiger partial charge in [0.1, 0.15) is 11.6 Å². The van der Waals surface area contributed by atoms with Crippen molar-refractivity contribution in [3.05, 3.63) is 29.1 Å². The molecular formula is C12H17ClN6. The summed E-state index contributed by atoms with van der Waals surface area (Å²) in [6, 6.07) is 0. The van der Waals surface area contributed by atoms with Gasteiger partial charge < -0.3 is 4.57 Å². The summed E-state index contributed by atoms with van der Waals surface area (Å²) in [5, 5.41) is 13.2. The lowest BCUT2D eigenvalue weighted by Gasteiger charge is -2.38. The van der Waals surface area contributed by atoms with E-state index in [9.17, 15) is 0 Å². The van der Waals surface area contributed by atoms with Gasteiger partial charge in [0, 0.05) is 38.8 Å². The molecule has 0 unspecified atom stereocenters. The standard InChI is InChI=1S/C12H17ClN6/c1-9-15-16-12(17(9)2)8-18-4-10(5-18)6-19-7-11(13)3-14-19/h3,7,10H,4-6,8H2,1-2H3. The molecule has 0 radical (unpaired) electrons. The van der Waals surface area contributed by atoms with Gasteiger partial charge in [-0.3, -0.25) is 9.58 Å². The number of hydrogen-bond donors (Lipinski definition) is 0. The number of aromatic nitrogens is 5. The molecule has 6 nitrogen and oxygen atoms in total. The van der Waals surface area contributed by atoms with Gasteiger partial charge >= 0.3 is 0 Å². The summed E-state index contributed by atoms with van der Waals surface area (Å²) in [6.07, 6.45) is 3.55. The summed E-state index contributed by atoms with van der Waals surface area (Å²) in [5.41, 5.74) is 0. The molecule has 2 aromatic rings. The van der Waals surface area contributed by atoms with Crippen molar-refractivity contribution in [3.63, 3.8) is 0 Å². The number of nitrogens with zero attached hydrogens (tertiary/aromatic N) is 6. The minimum absolute atomic E-state index is 0.644. The average Bonchev–Trinajstić information content (AvgIpc) is 2.87. The van der Waals surface area contributed by atoms with E-state index in [1.165, 1.54) is 0 Å². The van der Waals surface area contributed by atoms with Gasteiger partial charge in [0.25, 0.3) is 0 Å². The molecule has 19 heavy (non-hydrogen) atoms. The van der Waals surface area contributed by atoms with Gasteiger partial charge in [-0.1, -0.05) is 11.6 Å². The predicted molar refractivity (Wildman–Crippen MR) is 71.7 cm³/mol. The van der Waals surface area contributed by atoms with Crippen LogP contribution in [0.5, 0.6) is 0 Å². The first-order chi connectivity index (χ1) is 9.11. The smallest absolute Gasteiger partial charge is 0.146 e. The minimum atomic E-state index is 0.644. The van der Waals surface area contributed by atoms with Gasteiger partial charge in [0.05, 0.1) is 17.8 Å². The lowest BCUT2D eigenvalue weighted by molar-refractivity contribution is 0.0741. The fraction of sp³-hybridized carbons (Fsp3) is 0.583. The summed E-state index contributed by atoms with van der Waals surface area (Å²) in [5.74, 6) is 2.63. The summed E-state index contributed by atoms with van der Waals surface area (Å²) in [6.45, 7) is 5.92. The first-order valence-corrected chi connectivity index (χ1v) is 6.75. The molecule has 1 fully saturated rings. The SMILES string of the molecule is Cc1nnc(CN2CC(Cn3cc(Cl)cn3)C2)n1C. The Balaban J connectivity index is 1.49. The number of likely N-dealkylation sites (tertiary alicyclic amines) is 1. The van der Waals surface area contributed by atoms with Crippen molar-refractivity contribution in [1.82, 2.24) is 29.4 Å². The predicted octanol–water partition coefficient (Wildman–Crippen LogP) is 1.11. The summed E-state index contributed by atoms with van der Waals surface area (Å²) in [4.78, 5) is 2.37. The number of aryl methyl sites for hydroxylation is 1. The molecule has 0 bridgehead atoms. The maximum absolute atomic E-state index is 5.85. The zero-order valence-electron chi connectivity index (χ0n) is 11.1. The second-order valence-electron chi connectivity index (χ2n) is 5.16. The van der Waals surface area contributed by atoms with Crippen molar-refractivity contribution in [1.29, 1.82) is 0 Å². The highest BCUT2D eigenvalue weighted by Crippen LogP contribution is 2.20. The second-order valence-corrected chi connectivity index (χ2v) is 5.60. The molecule has 1 saturated heterocycles. The van der Waals surface area contributed by atoms with Crippen molar-refractivity contribution in [2.75, 3.05) is 13.1 Å². The molecule has 0 atom stereocenters. The van der Waals surface area contributed by atoms with E-state index in [1.54, 1.807) is 6.20 Å². The van der Waals surface area contributed by atoms with Crippen LogP contribution in [0.2, 0.25) is 5.02 Å². The topological polar surface area (TPSA) is 51.8 Å². The molecule has 0 saturated carbocycles. The van der Waals surface area contributed by atoms with E-state index in [1.807, 2.05) is 29.4 Å². The number of halogens is 1. The fourth-order valence-electron chi connectivity index (χ4n) is 2.41. The first kappa shape index (κ1) is 12.6. The third kappa shape index (κ3) is 2.64. The van der Waals surface area contributed by atoms with Crippen molar-refractivity contribution in [2.24, 2.45) is 13.0 Å². The van der Waals surface area contributed by atoms with E-state index in [0.29, 0.717) is 10.9 Å². The first-order valence-electron chi connectivity index (χ1n) is 6.37. The third-order valence-corrected chi connectivity index (χ3v) is 3.82. The Hall–Kier alpha value is -1.40. The fourth-order valence-corrected chi connectivity index (χ4v) is 2.57. The van der Waals surface area contributed by atoms with Crippen LogP contribution in [0.1, 0.15) is 11.6 Å². The quantitative estimate of drug-likeness (QED) is 0.842. The van der Waals surface area contributed by atoms with Gasteiger partial charge in [-0.25, -0.2) is 0 Å². The molecule has 7 heteroatoms. The minimum Gasteiger partial charge on any atom is -0.317 e. The molecule has 0 aromatic carbocycles. The monoisotopic (exact) mass is 280 g/mol. The zero-order chi connectivity index (χ0) is 13.4. The Morgan fingerprint density at radius 1 is 1.37 bits per heavy atom. The molecule has 3 heterocycles. The average molecular weight is 281 g/mol. The van der Waals surface area contributed by atoms with E-state index < -0.39 is 0 Å². The Morgan fingerprint density at radius 3 is 2.74 bits per heavy atom. The zero-order valence-corrected chi connectivity index (χ0v) is 11.9. The van der Waals surface area contributed by atoms with Crippen LogP contribution in [0.15, 0.2) is 12.4 Å². The molecule has 0 spiro atoms. The molecule has 0 N–H and O–H groups in total. The Labute approximate surface area is 117 Å². The molecule has 0 aliphatic carbocycles. The highest BCUT2D eigenvalue weighted by Gasteiger charge is 2.28. The molecular weight excluding hydrogens is 264 g/mol. The van der Waals surface area contributed by atoms with Crippen LogP contribution < -0.4 is 0 Å². The van der Waals surface area contributed by atoms with Crippen molar-refractivity contribution in [3.8, 4) is 0 Å². The molecule has 3 rings (SSSR count). The highest BCUT2D eigenvalue weighted by molar-refractivity contribution is 6.30. The van der Waals surface area contributed by atoms with E-state index in [4.69, 9.17) is 11.6 Å². The van der Waals surface area contributed by atoms with Crippen molar-refractivity contribution in [2.45, 2.75) is 20.0 Å². The molecule has 2 aromatic heterocycles. The van der Waals surface area contributed by atoms with Gasteiger partial charge in [-0.05, 0) is 6.92 Å². The third-order valence-electron chi connectivity index (χ3n) is 3.63.